The largest absolute Gasteiger partial charge is 0.341 e. The third kappa shape index (κ3) is 4.38. The molecule has 0 bridgehead atoms. The van der Waals surface area contributed by atoms with Crippen molar-refractivity contribution in [1.82, 2.24) is 19.4 Å². The summed E-state index contributed by atoms with van der Waals surface area (Å²) in [6, 6.07) is 13.8. The Hall–Kier alpha value is -3.04. The van der Waals surface area contributed by atoms with Crippen molar-refractivity contribution in [3.05, 3.63) is 70.1 Å². The van der Waals surface area contributed by atoms with Crippen LogP contribution < -0.4 is 5.56 Å². The van der Waals surface area contributed by atoms with E-state index in [0.717, 1.165) is 5.56 Å². The topological polar surface area (TPSA) is 103 Å². The molecule has 9 heteroatoms. The van der Waals surface area contributed by atoms with E-state index in [9.17, 15) is 18.0 Å². The van der Waals surface area contributed by atoms with Crippen LogP contribution in [0.2, 0.25) is 0 Å². The van der Waals surface area contributed by atoms with Gasteiger partial charge in [-0.3, -0.25) is 9.59 Å². The third-order valence-corrected chi connectivity index (χ3v) is 7.47. The van der Waals surface area contributed by atoms with Gasteiger partial charge in [0.2, 0.25) is 15.9 Å². The molecule has 1 amide bonds. The lowest BCUT2D eigenvalue weighted by atomic mass is 10.1. The lowest BCUT2D eigenvalue weighted by Gasteiger charge is -2.22. The fourth-order valence-corrected chi connectivity index (χ4v) is 5.27. The number of hydrogen-bond acceptors (Lipinski definition) is 5. The molecule has 1 aliphatic rings. The van der Waals surface area contributed by atoms with Crippen LogP contribution >= 0.6 is 0 Å². The predicted molar refractivity (Wildman–Crippen MR) is 117 cm³/mol. The van der Waals surface area contributed by atoms with E-state index >= 15 is 0 Å². The van der Waals surface area contributed by atoms with Crippen LogP contribution in [0.3, 0.4) is 0 Å². The van der Waals surface area contributed by atoms with Crippen LogP contribution in [0.15, 0.2) is 58.2 Å². The summed E-state index contributed by atoms with van der Waals surface area (Å²) in [5.41, 5.74) is 1.21. The standard InChI is InChI=1S/C22H24N4O4S/c1-16-7-9-17(10-8-16)31(29,30)26-12-4-11-25(13-14-26)21(27)15-20-18-5-2-3-6-19(18)22(28)24-23-20/h2-3,5-10H,4,11-15H2,1H3,(H,24,28). The molecule has 2 aromatic carbocycles. The fraction of sp³-hybridized carbons (Fsp3) is 0.318. The molecule has 0 radical (unpaired) electrons. The highest BCUT2D eigenvalue weighted by molar-refractivity contribution is 7.89. The van der Waals surface area contributed by atoms with Crippen molar-refractivity contribution < 1.29 is 13.2 Å². The number of H-pyrrole nitrogens is 1. The van der Waals surface area contributed by atoms with E-state index in [-0.39, 0.29) is 29.3 Å². The highest BCUT2D eigenvalue weighted by atomic mass is 32.2. The molecular formula is C22H24N4O4S. The number of amides is 1. The Bertz CT molecular complexity index is 1270. The van der Waals surface area contributed by atoms with Crippen molar-refractivity contribution in [1.29, 1.82) is 0 Å². The minimum absolute atomic E-state index is 0.0437. The number of aryl methyl sites for hydroxylation is 1. The maximum atomic E-state index is 13.0. The Kier molecular flexibility index (Phi) is 5.88. The number of aromatic amines is 1. The minimum Gasteiger partial charge on any atom is -0.341 e. The molecule has 3 aromatic rings. The van der Waals surface area contributed by atoms with Crippen molar-refractivity contribution in [2.24, 2.45) is 0 Å². The molecule has 4 rings (SSSR count). The first-order valence-corrected chi connectivity index (χ1v) is 11.6. The Labute approximate surface area is 180 Å². The van der Waals surface area contributed by atoms with E-state index in [0.29, 0.717) is 42.5 Å². The van der Waals surface area contributed by atoms with E-state index in [4.69, 9.17) is 0 Å². The lowest BCUT2D eigenvalue weighted by Crippen LogP contribution is -2.38. The van der Waals surface area contributed by atoms with Gasteiger partial charge < -0.3 is 4.90 Å². The predicted octanol–water partition coefficient (Wildman–Crippen LogP) is 1.70. The van der Waals surface area contributed by atoms with Crippen LogP contribution in [0.25, 0.3) is 10.8 Å². The number of sulfonamides is 1. The van der Waals surface area contributed by atoms with Gasteiger partial charge in [-0.15, -0.1) is 0 Å². The second-order valence-corrected chi connectivity index (χ2v) is 9.61. The number of carbonyl (C=O) groups excluding carboxylic acids is 1. The Morgan fingerprint density at radius 3 is 2.45 bits per heavy atom. The molecule has 0 aliphatic carbocycles. The van der Waals surface area contributed by atoms with Crippen molar-refractivity contribution in [2.45, 2.75) is 24.7 Å². The second-order valence-electron chi connectivity index (χ2n) is 7.67. The number of fused-ring (bicyclic) bond motifs is 1. The number of rotatable bonds is 4. The van der Waals surface area contributed by atoms with Crippen molar-refractivity contribution >= 4 is 26.7 Å². The summed E-state index contributed by atoms with van der Waals surface area (Å²) < 4.78 is 27.4. The van der Waals surface area contributed by atoms with Crippen LogP contribution in [0.1, 0.15) is 17.7 Å². The molecule has 162 valence electrons. The van der Waals surface area contributed by atoms with Crippen LogP contribution in [0, 0.1) is 6.92 Å². The summed E-state index contributed by atoms with van der Waals surface area (Å²) in [4.78, 5) is 26.8. The number of benzene rings is 2. The summed E-state index contributed by atoms with van der Waals surface area (Å²) in [6.07, 6.45) is 0.596. The lowest BCUT2D eigenvalue weighted by molar-refractivity contribution is -0.130. The highest BCUT2D eigenvalue weighted by Gasteiger charge is 2.28. The molecule has 1 fully saturated rings. The smallest absolute Gasteiger partial charge is 0.272 e. The zero-order chi connectivity index (χ0) is 22.0. The van der Waals surface area contributed by atoms with E-state index in [1.807, 2.05) is 6.92 Å². The molecule has 1 saturated heterocycles. The van der Waals surface area contributed by atoms with Gasteiger partial charge in [0.05, 0.1) is 22.4 Å². The summed E-state index contributed by atoms with van der Waals surface area (Å²) in [5, 5.41) is 7.67. The summed E-state index contributed by atoms with van der Waals surface area (Å²) >= 11 is 0. The van der Waals surface area contributed by atoms with Gasteiger partial charge in [-0.1, -0.05) is 35.9 Å². The number of carbonyl (C=O) groups is 1. The number of nitrogens with one attached hydrogen (secondary N) is 1. The maximum absolute atomic E-state index is 13.0. The zero-order valence-corrected chi connectivity index (χ0v) is 18.1. The molecular weight excluding hydrogens is 416 g/mol. The van der Waals surface area contributed by atoms with Crippen LogP contribution in [0.5, 0.6) is 0 Å². The highest BCUT2D eigenvalue weighted by Crippen LogP contribution is 2.19. The first kappa shape index (κ1) is 21.2. The summed E-state index contributed by atoms with van der Waals surface area (Å²) in [5.74, 6) is -0.140. The SMILES string of the molecule is Cc1ccc(S(=O)(=O)N2CCCN(C(=O)Cc3n[nH]c(=O)c4ccccc34)CC2)cc1. The van der Waals surface area contributed by atoms with E-state index < -0.39 is 10.0 Å². The molecule has 1 aromatic heterocycles. The Morgan fingerprint density at radius 2 is 1.71 bits per heavy atom. The van der Waals surface area contributed by atoms with Gasteiger partial charge in [0.25, 0.3) is 5.56 Å². The van der Waals surface area contributed by atoms with Gasteiger partial charge in [0.1, 0.15) is 0 Å². The van der Waals surface area contributed by atoms with E-state index in [1.54, 1.807) is 53.4 Å². The molecule has 1 aliphatic heterocycles. The van der Waals surface area contributed by atoms with Gasteiger partial charge in [0, 0.05) is 31.6 Å². The molecule has 2 heterocycles. The first-order valence-electron chi connectivity index (χ1n) is 10.2. The van der Waals surface area contributed by atoms with Crippen molar-refractivity contribution in [2.75, 3.05) is 26.2 Å². The van der Waals surface area contributed by atoms with Gasteiger partial charge in [-0.2, -0.15) is 9.40 Å². The first-order chi connectivity index (χ1) is 14.9. The molecule has 0 atom stereocenters. The molecule has 8 nitrogen and oxygen atoms in total. The van der Waals surface area contributed by atoms with Crippen LogP contribution in [0.4, 0.5) is 0 Å². The average molecular weight is 441 g/mol. The molecule has 1 N–H and O–H groups in total. The number of aromatic nitrogens is 2. The Balaban J connectivity index is 1.48. The summed E-state index contributed by atoms with van der Waals surface area (Å²) in [7, 11) is -3.60. The quantitative estimate of drug-likeness (QED) is 0.665. The molecule has 31 heavy (non-hydrogen) atoms. The molecule has 0 saturated carbocycles. The van der Waals surface area contributed by atoms with E-state index in [1.165, 1.54) is 4.31 Å². The third-order valence-electron chi connectivity index (χ3n) is 5.56. The fourth-order valence-electron chi connectivity index (χ4n) is 3.80. The van der Waals surface area contributed by atoms with Crippen LogP contribution in [-0.4, -0.2) is 59.9 Å². The molecule has 0 unspecified atom stereocenters. The average Bonchev–Trinajstić information content (AvgIpc) is 3.03. The Morgan fingerprint density at radius 1 is 1.00 bits per heavy atom. The van der Waals surface area contributed by atoms with Gasteiger partial charge in [-0.25, -0.2) is 13.5 Å². The monoisotopic (exact) mass is 440 g/mol. The zero-order valence-electron chi connectivity index (χ0n) is 17.2. The summed E-state index contributed by atoms with van der Waals surface area (Å²) in [6.45, 7) is 3.29. The van der Waals surface area contributed by atoms with Gasteiger partial charge in [-0.05, 0) is 31.5 Å². The van der Waals surface area contributed by atoms with Crippen molar-refractivity contribution in [3.8, 4) is 0 Å². The number of hydrogen-bond donors (Lipinski definition) is 1. The maximum Gasteiger partial charge on any atom is 0.272 e. The van der Waals surface area contributed by atoms with Crippen molar-refractivity contribution in [3.63, 3.8) is 0 Å². The van der Waals surface area contributed by atoms with E-state index in [2.05, 4.69) is 10.2 Å². The second kappa shape index (κ2) is 8.60. The number of nitrogens with zero attached hydrogens (tertiary/aromatic N) is 3. The van der Waals surface area contributed by atoms with Gasteiger partial charge >= 0.3 is 0 Å². The van der Waals surface area contributed by atoms with Gasteiger partial charge in [0.15, 0.2) is 0 Å². The molecule has 0 spiro atoms. The normalized spacial score (nSPS) is 15.7. The minimum atomic E-state index is -3.60. The van der Waals surface area contributed by atoms with Crippen LogP contribution in [-0.2, 0) is 21.2 Å².